The van der Waals surface area contributed by atoms with Gasteiger partial charge in [-0.15, -0.1) is 6.58 Å². The Kier molecular flexibility index (Phi) is 2.98. The number of nitrogens with zero attached hydrogens (tertiary/aromatic N) is 1. The highest BCUT2D eigenvalue weighted by molar-refractivity contribution is 6.35. The Bertz CT molecular complexity index is 317. The van der Waals surface area contributed by atoms with E-state index in [2.05, 4.69) is 6.58 Å². The molecule has 0 atom stereocenters. The maximum Gasteiger partial charge on any atom is 0.400 e. The molecule has 0 aliphatic heterocycles. The Balaban J connectivity index is 2.74. The summed E-state index contributed by atoms with van der Waals surface area (Å²) >= 11 is 0. The lowest BCUT2D eigenvalue weighted by Gasteiger charge is -2.01. The van der Waals surface area contributed by atoms with Crippen molar-refractivity contribution in [1.29, 1.82) is 5.26 Å². The summed E-state index contributed by atoms with van der Waals surface area (Å²) in [6, 6.07) is 8.96. The van der Waals surface area contributed by atoms with Gasteiger partial charge >= 0.3 is 7.48 Å². The van der Waals surface area contributed by atoms with Gasteiger partial charge in [-0.3, -0.25) is 0 Å². The zero-order valence-electron chi connectivity index (χ0n) is 6.53. The van der Waals surface area contributed by atoms with Gasteiger partial charge in [0.25, 0.3) is 0 Å². The zero-order valence-corrected chi connectivity index (χ0v) is 6.53. The lowest BCUT2D eigenvalue weighted by atomic mass is 10.0. The minimum Gasteiger partial charge on any atom is -0.558 e. The van der Waals surface area contributed by atoms with E-state index in [-0.39, 0.29) is 0 Å². The third kappa shape index (κ3) is 2.17. The zero-order chi connectivity index (χ0) is 8.81. The summed E-state index contributed by atoms with van der Waals surface area (Å²) in [4.78, 5) is 0. The molecular weight excluding hydrogens is 149 g/mol. The van der Waals surface area contributed by atoms with Gasteiger partial charge in [-0.2, -0.15) is 5.26 Å². The molecular formula is C9H7BNO. The Morgan fingerprint density at radius 2 is 2.42 bits per heavy atom. The summed E-state index contributed by atoms with van der Waals surface area (Å²) in [5.41, 5.74) is 0.588. The first kappa shape index (κ1) is 8.41. The van der Waals surface area contributed by atoms with Gasteiger partial charge < -0.3 is 4.65 Å². The molecule has 0 aromatic heterocycles. The van der Waals surface area contributed by atoms with E-state index >= 15 is 0 Å². The molecule has 2 nitrogen and oxygen atoms in total. The lowest BCUT2D eigenvalue weighted by Crippen LogP contribution is -1.97. The minimum absolute atomic E-state index is 0.588. The van der Waals surface area contributed by atoms with Gasteiger partial charge in [0, 0.05) is 0 Å². The fraction of sp³-hybridized carbons (Fsp3) is 0. The summed E-state index contributed by atoms with van der Waals surface area (Å²) in [5.74, 6) is 2.19. The maximum absolute atomic E-state index is 8.55. The van der Waals surface area contributed by atoms with E-state index in [1.54, 1.807) is 30.2 Å². The number of hydrogen-bond acceptors (Lipinski definition) is 2. The highest BCUT2D eigenvalue weighted by Gasteiger charge is 1.94. The highest BCUT2D eigenvalue weighted by Crippen LogP contribution is 2.11. The summed E-state index contributed by atoms with van der Waals surface area (Å²) in [7, 11) is 1.47. The van der Waals surface area contributed by atoms with Gasteiger partial charge in [-0.1, -0.05) is 12.0 Å². The number of nitriles is 1. The van der Waals surface area contributed by atoms with Gasteiger partial charge in [0.2, 0.25) is 0 Å². The molecule has 12 heavy (non-hydrogen) atoms. The van der Waals surface area contributed by atoms with Crippen LogP contribution in [-0.4, -0.2) is 7.48 Å². The second-order valence-corrected chi connectivity index (χ2v) is 2.13. The van der Waals surface area contributed by atoms with Crippen molar-refractivity contribution in [2.45, 2.75) is 0 Å². The first-order chi connectivity index (χ1) is 5.86. The van der Waals surface area contributed by atoms with Crippen molar-refractivity contribution >= 4 is 7.48 Å². The maximum atomic E-state index is 8.55. The van der Waals surface area contributed by atoms with Crippen LogP contribution in [0.3, 0.4) is 0 Å². The summed E-state index contributed by atoms with van der Waals surface area (Å²) < 4.78 is 5.10. The fourth-order valence-electron chi connectivity index (χ4n) is 0.766. The van der Waals surface area contributed by atoms with E-state index < -0.39 is 0 Å². The molecule has 0 unspecified atom stereocenters. The molecule has 0 amide bonds. The van der Waals surface area contributed by atoms with E-state index in [1.807, 2.05) is 6.07 Å². The monoisotopic (exact) mass is 156 g/mol. The molecule has 57 valence electrons. The van der Waals surface area contributed by atoms with E-state index in [9.17, 15) is 0 Å². The molecule has 1 rings (SSSR count). The van der Waals surface area contributed by atoms with Crippen molar-refractivity contribution in [3.8, 4) is 11.8 Å². The van der Waals surface area contributed by atoms with Crippen LogP contribution in [0.2, 0.25) is 0 Å². The second-order valence-electron chi connectivity index (χ2n) is 2.13. The van der Waals surface area contributed by atoms with Crippen molar-refractivity contribution in [1.82, 2.24) is 0 Å². The smallest absolute Gasteiger partial charge is 0.400 e. The van der Waals surface area contributed by atoms with Crippen LogP contribution >= 0.6 is 0 Å². The number of benzene rings is 1. The average Bonchev–Trinajstić information content (AvgIpc) is 2.15. The van der Waals surface area contributed by atoms with E-state index in [4.69, 9.17) is 9.92 Å². The normalized spacial score (nSPS) is 8.25. The average molecular weight is 156 g/mol. The van der Waals surface area contributed by atoms with Crippen LogP contribution in [0.5, 0.6) is 5.75 Å². The van der Waals surface area contributed by atoms with Gasteiger partial charge in [0.1, 0.15) is 0 Å². The van der Waals surface area contributed by atoms with Crippen LogP contribution in [-0.2, 0) is 0 Å². The largest absolute Gasteiger partial charge is 0.558 e. The minimum atomic E-state index is 0.588. The molecule has 0 fully saturated rings. The molecule has 0 saturated heterocycles. The molecule has 0 aliphatic carbocycles. The lowest BCUT2D eigenvalue weighted by molar-refractivity contribution is 0.604. The quantitative estimate of drug-likeness (QED) is 0.623. The third-order valence-electron chi connectivity index (χ3n) is 1.26. The van der Waals surface area contributed by atoms with Gasteiger partial charge in [0.05, 0.1) is 17.4 Å². The van der Waals surface area contributed by atoms with Gasteiger partial charge in [0.15, 0.2) is 0 Å². The molecule has 1 radical (unpaired) electrons. The standard InChI is InChI=1S/C9H7BNO/c1-2-10-12-9-5-3-4-8(6-9)7-11/h2-6H,1H2. The summed E-state index contributed by atoms with van der Waals surface area (Å²) in [5, 5.41) is 8.55. The van der Waals surface area contributed by atoms with Crippen molar-refractivity contribution in [3.05, 3.63) is 42.4 Å². The second kappa shape index (κ2) is 4.25. The van der Waals surface area contributed by atoms with Crippen LogP contribution in [0, 0.1) is 11.3 Å². The fourth-order valence-corrected chi connectivity index (χ4v) is 0.766. The summed E-state index contributed by atoms with van der Waals surface area (Å²) in [6.07, 6.45) is 0. The number of rotatable bonds is 3. The van der Waals surface area contributed by atoms with E-state index in [1.165, 1.54) is 7.48 Å². The summed E-state index contributed by atoms with van der Waals surface area (Å²) in [6.45, 7) is 3.47. The van der Waals surface area contributed by atoms with Crippen LogP contribution in [0.4, 0.5) is 0 Å². The molecule has 0 N–H and O–H groups in total. The van der Waals surface area contributed by atoms with Crippen LogP contribution < -0.4 is 4.65 Å². The van der Waals surface area contributed by atoms with Crippen molar-refractivity contribution in [2.24, 2.45) is 0 Å². The molecule has 0 saturated carbocycles. The number of hydrogen-bond donors (Lipinski definition) is 0. The molecule has 1 aromatic rings. The first-order valence-corrected chi connectivity index (χ1v) is 3.48. The highest BCUT2D eigenvalue weighted by atomic mass is 16.4. The SMILES string of the molecule is C=C[B]Oc1cccc(C#N)c1. The first-order valence-electron chi connectivity index (χ1n) is 3.48. The molecule has 1 aromatic carbocycles. The van der Waals surface area contributed by atoms with E-state index in [0.29, 0.717) is 11.3 Å². The Morgan fingerprint density at radius 3 is 3.08 bits per heavy atom. The molecule has 0 aliphatic rings. The van der Waals surface area contributed by atoms with Crippen molar-refractivity contribution < 1.29 is 4.65 Å². The predicted octanol–water partition coefficient (Wildman–Crippen LogP) is 1.70. The predicted molar refractivity (Wildman–Crippen MR) is 47.7 cm³/mol. The molecule has 0 spiro atoms. The van der Waals surface area contributed by atoms with Crippen LogP contribution in [0.25, 0.3) is 0 Å². The molecule has 0 heterocycles. The Labute approximate surface area is 72.4 Å². The van der Waals surface area contributed by atoms with Crippen molar-refractivity contribution in [3.63, 3.8) is 0 Å². The van der Waals surface area contributed by atoms with Gasteiger partial charge in [-0.05, 0) is 18.2 Å². The topological polar surface area (TPSA) is 33.0 Å². The molecule has 3 heteroatoms. The molecule has 0 bridgehead atoms. The van der Waals surface area contributed by atoms with Crippen LogP contribution in [0.15, 0.2) is 36.8 Å². The third-order valence-corrected chi connectivity index (χ3v) is 1.26. The van der Waals surface area contributed by atoms with E-state index in [0.717, 1.165) is 0 Å². The van der Waals surface area contributed by atoms with Crippen molar-refractivity contribution in [2.75, 3.05) is 0 Å². The van der Waals surface area contributed by atoms with Crippen LogP contribution in [0.1, 0.15) is 5.56 Å². The Hall–Kier alpha value is -1.69. The Morgan fingerprint density at radius 1 is 1.58 bits per heavy atom. The van der Waals surface area contributed by atoms with Gasteiger partial charge in [-0.25, -0.2) is 0 Å².